The van der Waals surface area contributed by atoms with E-state index in [1.807, 2.05) is 47.4 Å². The lowest BCUT2D eigenvalue weighted by Gasteiger charge is -2.34. The first-order valence-electron chi connectivity index (χ1n) is 9.68. The van der Waals surface area contributed by atoms with Crippen LogP contribution in [0, 0.1) is 0 Å². The molecule has 1 aliphatic rings. The molecule has 0 fully saturated rings. The van der Waals surface area contributed by atoms with Gasteiger partial charge in [0.15, 0.2) is 10.9 Å². The summed E-state index contributed by atoms with van der Waals surface area (Å²) in [7, 11) is 0. The normalized spacial score (nSPS) is 15.9. The maximum Gasteiger partial charge on any atom is 0.294 e. The Morgan fingerprint density at radius 3 is 2.77 bits per heavy atom. The van der Waals surface area contributed by atoms with E-state index < -0.39 is 0 Å². The zero-order chi connectivity index (χ0) is 20.5. The Morgan fingerprint density at radius 1 is 1.13 bits per heavy atom. The molecule has 0 radical (unpaired) electrons. The summed E-state index contributed by atoms with van der Waals surface area (Å²) >= 11 is 3.29. The molecule has 1 amide bonds. The molecule has 3 heterocycles. The van der Waals surface area contributed by atoms with Gasteiger partial charge < -0.3 is 9.32 Å². The summed E-state index contributed by atoms with van der Waals surface area (Å²) in [5, 5.41) is 1.63. The molecule has 2 aromatic heterocycles. The maximum absolute atomic E-state index is 13.8. The van der Waals surface area contributed by atoms with Crippen LogP contribution < -0.4 is 4.90 Å². The van der Waals surface area contributed by atoms with E-state index in [1.54, 1.807) is 30.2 Å². The third-order valence-electron chi connectivity index (χ3n) is 5.04. The van der Waals surface area contributed by atoms with Crippen molar-refractivity contribution in [1.29, 1.82) is 0 Å². The van der Waals surface area contributed by atoms with Gasteiger partial charge in [-0.25, -0.2) is 9.97 Å². The van der Waals surface area contributed by atoms with E-state index in [2.05, 4.69) is 23.0 Å². The van der Waals surface area contributed by atoms with E-state index >= 15 is 0 Å². The van der Waals surface area contributed by atoms with Crippen LogP contribution in [-0.2, 0) is 5.75 Å². The molecule has 30 heavy (non-hydrogen) atoms. The van der Waals surface area contributed by atoms with Crippen LogP contribution in [0.1, 0.15) is 23.0 Å². The average Bonchev–Trinajstić information content (AvgIpc) is 3.16. The minimum absolute atomic E-state index is 0.0728. The van der Waals surface area contributed by atoms with Gasteiger partial charge in [-0.3, -0.25) is 4.79 Å². The molecular formula is C23H19N3O2S2. The Kier molecular flexibility index (Phi) is 5.23. The van der Waals surface area contributed by atoms with Crippen molar-refractivity contribution in [3.8, 4) is 0 Å². The fourth-order valence-electron chi connectivity index (χ4n) is 3.63. The lowest BCUT2D eigenvalue weighted by molar-refractivity contribution is 0.0954. The third kappa shape index (κ3) is 3.48. The van der Waals surface area contributed by atoms with Crippen LogP contribution in [0.4, 0.5) is 5.69 Å². The van der Waals surface area contributed by atoms with Crippen molar-refractivity contribution in [2.24, 2.45) is 0 Å². The second-order valence-corrected chi connectivity index (χ2v) is 9.03. The zero-order valence-corrected chi connectivity index (χ0v) is 18.0. The molecule has 5 rings (SSSR count). The van der Waals surface area contributed by atoms with Gasteiger partial charge in [-0.05, 0) is 31.2 Å². The van der Waals surface area contributed by atoms with E-state index in [4.69, 9.17) is 4.42 Å². The molecule has 0 N–H and O–H groups in total. The van der Waals surface area contributed by atoms with Gasteiger partial charge in [0.2, 0.25) is 0 Å². The fraction of sp³-hybridized carbons (Fsp3) is 0.174. The van der Waals surface area contributed by atoms with Crippen molar-refractivity contribution < 1.29 is 9.21 Å². The van der Waals surface area contributed by atoms with E-state index in [1.165, 1.54) is 11.8 Å². The molecule has 1 atom stereocenters. The number of carbonyl (C=O) groups excluding carboxylic acids is 1. The molecule has 0 saturated carbocycles. The van der Waals surface area contributed by atoms with Gasteiger partial charge in [0.05, 0.1) is 5.69 Å². The highest BCUT2D eigenvalue weighted by Gasteiger charge is 2.33. The number of hydrogen-bond acceptors (Lipinski definition) is 6. The highest BCUT2D eigenvalue weighted by molar-refractivity contribution is 7.99. The summed E-state index contributed by atoms with van der Waals surface area (Å²) in [6.07, 6.45) is 3.44. The Balaban J connectivity index is 1.56. The third-order valence-corrected chi connectivity index (χ3v) is 7.25. The summed E-state index contributed by atoms with van der Waals surface area (Å²) in [6.45, 7) is 2.08. The predicted molar refractivity (Wildman–Crippen MR) is 121 cm³/mol. The van der Waals surface area contributed by atoms with E-state index in [0.29, 0.717) is 16.7 Å². The predicted octanol–water partition coefficient (Wildman–Crippen LogP) is 5.66. The van der Waals surface area contributed by atoms with Gasteiger partial charge in [-0.15, -0.1) is 11.8 Å². The number of rotatable bonds is 4. The number of furan rings is 1. The highest BCUT2D eigenvalue weighted by Crippen LogP contribution is 2.39. The van der Waals surface area contributed by atoms with Gasteiger partial charge in [-0.1, -0.05) is 42.1 Å². The number of nitrogens with zero attached hydrogens (tertiary/aromatic N) is 3. The lowest BCUT2D eigenvalue weighted by Crippen LogP contribution is -2.42. The first kappa shape index (κ1) is 19.2. The Hall–Kier alpha value is -2.77. The number of carbonyl (C=O) groups is 1. The largest absolute Gasteiger partial charge is 0.451 e. The quantitative estimate of drug-likeness (QED) is 0.306. The van der Waals surface area contributed by atoms with Gasteiger partial charge in [0.1, 0.15) is 5.58 Å². The molecule has 4 aromatic rings. The second kappa shape index (κ2) is 8.16. The Labute approximate surface area is 182 Å². The minimum Gasteiger partial charge on any atom is -0.451 e. The summed E-state index contributed by atoms with van der Waals surface area (Å²) in [4.78, 5) is 25.3. The van der Waals surface area contributed by atoms with Gasteiger partial charge in [-0.2, -0.15) is 0 Å². The summed E-state index contributed by atoms with van der Waals surface area (Å²) in [6, 6.07) is 17.7. The van der Waals surface area contributed by atoms with Crippen LogP contribution in [0.3, 0.4) is 0 Å². The topological polar surface area (TPSA) is 59.2 Å². The number of amides is 1. The maximum atomic E-state index is 13.8. The summed E-state index contributed by atoms with van der Waals surface area (Å²) < 4.78 is 6.11. The highest BCUT2D eigenvalue weighted by atomic mass is 32.2. The first-order valence-corrected chi connectivity index (χ1v) is 11.6. The number of anilines is 1. The number of thioether (sulfide) groups is 2. The van der Waals surface area contributed by atoms with Crippen LogP contribution in [-0.4, -0.2) is 27.7 Å². The standard InChI is InChI=1S/C23H19N3O2S2/c1-15-13-29-20-10-5-3-8-18(20)26(15)22(27)21-17(14-30-23-24-11-6-12-25-23)16-7-2-4-9-19(16)28-21/h2-12,15H,13-14H2,1H3/t15-/m1/s1. The zero-order valence-electron chi connectivity index (χ0n) is 16.3. The molecular weight excluding hydrogens is 414 g/mol. The number of para-hydroxylation sites is 2. The lowest BCUT2D eigenvalue weighted by atomic mass is 10.1. The van der Waals surface area contributed by atoms with Crippen LogP contribution in [0.2, 0.25) is 0 Å². The van der Waals surface area contributed by atoms with E-state index in [9.17, 15) is 4.79 Å². The van der Waals surface area contributed by atoms with Crippen molar-refractivity contribution >= 4 is 46.1 Å². The minimum atomic E-state index is -0.101. The number of hydrogen-bond donors (Lipinski definition) is 0. The molecule has 5 nitrogen and oxygen atoms in total. The molecule has 1 aliphatic heterocycles. The average molecular weight is 434 g/mol. The summed E-state index contributed by atoms with van der Waals surface area (Å²) in [5.41, 5.74) is 2.55. The molecule has 0 bridgehead atoms. The molecule has 7 heteroatoms. The van der Waals surface area contributed by atoms with Crippen LogP contribution >= 0.6 is 23.5 Å². The van der Waals surface area contributed by atoms with E-state index in [0.717, 1.165) is 32.9 Å². The van der Waals surface area contributed by atoms with Crippen molar-refractivity contribution in [2.75, 3.05) is 10.7 Å². The Morgan fingerprint density at radius 2 is 1.90 bits per heavy atom. The van der Waals surface area contributed by atoms with Crippen LogP contribution in [0.15, 0.2) is 81.5 Å². The smallest absolute Gasteiger partial charge is 0.294 e. The molecule has 150 valence electrons. The van der Waals surface area contributed by atoms with Gasteiger partial charge >= 0.3 is 0 Å². The molecule has 0 saturated heterocycles. The van der Waals surface area contributed by atoms with Crippen molar-refractivity contribution in [2.45, 2.75) is 28.8 Å². The van der Waals surface area contributed by atoms with Crippen molar-refractivity contribution in [1.82, 2.24) is 9.97 Å². The molecule has 0 unspecified atom stereocenters. The number of aromatic nitrogens is 2. The Bertz CT molecular complexity index is 1210. The fourth-order valence-corrected chi connectivity index (χ4v) is 5.52. The molecule has 2 aromatic carbocycles. The summed E-state index contributed by atoms with van der Waals surface area (Å²) in [5.74, 6) is 1.70. The molecule has 0 aliphatic carbocycles. The van der Waals surface area contributed by atoms with Crippen LogP contribution in [0.25, 0.3) is 11.0 Å². The number of benzene rings is 2. The SMILES string of the molecule is C[C@@H]1CSc2ccccc2N1C(=O)c1oc2ccccc2c1CSc1ncccn1. The van der Waals surface area contributed by atoms with Crippen molar-refractivity contribution in [3.05, 3.63) is 78.3 Å². The second-order valence-electron chi connectivity index (χ2n) is 7.03. The van der Waals surface area contributed by atoms with Crippen LogP contribution in [0.5, 0.6) is 0 Å². The first-order chi connectivity index (χ1) is 14.7. The number of fused-ring (bicyclic) bond motifs is 2. The van der Waals surface area contributed by atoms with Gasteiger partial charge in [0, 0.05) is 45.8 Å². The monoisotopic (exact) mass is 433 g/mol. The van der Waals surface area contributed by atoms with Crippen molar-refractivity contribution in [3.63, 3.8) is 0 Å². The molecule has 0 spiro atoms. The van der Waals surface area contributed by atoms with Gasteiger partial charge in [0.25, 0.3) is 5.91 Å². The van der Waals surface area contributed by atoms with E-state index in [-0.39, 0.29) is 11.9 Å².